The quantitative estimate of drug-likeness (QED) is 0.320. The van der Waals surface area contributed by atoms with Gasteiger partial charge in [0.2, 0.25) is 14.6 Å². The molecule has 2 atom stereocenters. The number of aromatic nitrogens is 1. The molecule has 1 N–H and O–H groups in total. The number of hydrogen-bond acceptors (Lipinski definition) is 7. The second-order valence-electron chi connectivity index (χ2n) is 7.41. The molecule has 0 radical (unpaired) electrons. The van der Waals surface area contributed by atoms with Gasteiger partial charge < -0.3 is 19.3 Å². The number of H-pyrrole nitrogens is 1. The largest absolute Gasteiger partial charge is 0.497 e. The SMILES string of the molecule is COC1=CC(C=O)(S(=O)(=O)c2ccccc2)C(c2c[nH]c3ccccc23)([N+](=O)[O-])C(OC)=C1. The summed E-state index contributed by atoms with van der Waals surface area (Å²) in [5.74, 6) is -0.418. The maximum absolute atomic E-state index is 14.1. The summed E-state index contributed by atoms with van der Waals surface area (Å²) in [6.07, 6.45) is 3.64. The molecular formula is C23H20N2O7S. The molecule has 2 aromatic carbocycles. The van der Waals surface area contributed by atoms with Gasteiger partial charge in [-0.2, -0.15) is 0 Å². The van der Waals surface area contributed by atoms with Crippen LogP contribution in [0.4, 0.5) is 0 Å². The third kappa shape index (κ3) is 2.83. The fraction of sp³-hybridized carbons (Fsp3) is 0.174. The number of para-hydroxylation sites is 1. The van der Waals surface area contributed by atoms with Crippen molar-refractivity contribution in [1.82, 2.24) is 4.98 Å². The zero-order chi connectivity index (χ0) is 23.9. The van der Waals surface area contributed by atoms with Crippen molar-refractivity contribution in [1.29, 1.82) is 0 Å². The van der Waals surface area contributed by atoms with E-state index in [0.717, 1.165) is 6.08 Å². The minimum atomic E-state index is -4.71. The Kier molecular flexibility index (Phi) is 5.33. The summed E-state index contributed by atoms with van der Waals surface area (Å²) in [5.41, 5.74) is -2.16. The van der Waals surface area contributed by atoms with Crippen molar-refractivity contribution in [2.75, 3.05) is 14.2 Å². The Hall–Kier alpha value is -3.92. The fourth-order valence-electron chi connectivity index (χ4n) is 4.40. The highest BCUT2D eigenvalue weighted by Crippen LogP contribution is 2.53. The van der Waals surface area contributed by atoms with E-state index in [-0.39, 0.29) is 28.3 Å². The van der Waals surface area contributed by atoms with Gasteiger partial charge in [0.15, 0.2) is 12.0 Å². The molecule has 10 heteroatoms. The average molecular weight is 468 g/mol. The molecule has 9 nitrogen and oxygen atoms in total. The summed E-state index contributed by atoms with van der Waals surface area (Å²) >= 11 is 0. The van der Waals surface area contributed by atoms with Crippen LogP contribution in [0.2, 0.25) is 0 Å². The topological polar surface area (TPSA) is 129 Å². The van der Waals surface area contributed by atoms with Crippen LogP contribution in [0.5, 0.6) is 0 Å². The lowest BCUT2D eigenvalue weighted by atomic mass is 9.73. The maximum Gasteiger partial charge on any atom is 0.335 e. The normalized spacial score (nSPS) is 22.8. The number of benzene rings is 2. The number of carbonyl (C=O) groups excluding carboxylic acids is 1. The zero-order valence-corrected chi connectivity index (χ0v) is 18.5. The summed E-state index contributed by atoms with van der Waals surface area (Å²) in [6, 6.07) is 13.8. The fourth-order valence-corrected chi connectivity index (χ4v) is 6.38. The summed E-state index contributed by atoms with van der Waals surface area (Å²) in [4.78, 5) is 27.8. The van der Waals surface area contributed by atoms with Crippen LogP contribution >= 0.6 is 0 Å². The van der Waals surface area contributed by atoms with E-state index < -0.39 is 25.0 Å². The highest BCUT2D eigenvalue weighted by Gasteiger charge is 2.74. The van der Waals surface area contributed by atoms with Gasteiger partial charge in [0, 0.05) is 28.1 Å². The summed E-state index contributed by atoms with van der Waals surface area (Å²) < 4.78 is 36.1. The number of rotatable bonds is 7. The highest BCUT2D eigenvalue weighted by atomic mass is 32.2. The van der Waals surface area contributed by atoms with E-state index in [1.54, 1.807) is 30.3 Å². The van der Waals surface area contributed by atoms with Gasteiger partial charge in [0.25, 0.3) is 0 Å². The Labute approximate surface area is 189 Å². The Morgan fingerprint density at radius 3 is 2.30 bits per heavy atom. The van der Waals surface area contributed by atoms with Crippen molar-refractivity contribution in [2.45, 2.75) is 15.2 Å². The van der Waals surface area contributed by atoms with Gasteiger partial charge in [-0.1, -0.05) is 36.4 Å². The molecule has 0 aliphatic heterocycles. The van der Waals surface area contributed by atoms with Crippen LogP contribution in [0.3, 0.4) is 0 Å². The molecule has 3 aromatic rings. The molecule has 170 valence electrons. The van der Waals surface area contributed by atoms with Crippen LogP contribution in [0.15, 0.2) is 89.4 Å². The van der Waals surface area contributed by atoms with Gasteiger partial charge in [0.05, 0.1) is 24.7 Å². The number of nitro groups is 1. The molecule has 1 aromatic heterocycles. The lowest BCUT2D eigenvalue weighted by molar-refractivity contribution is -0.574. The number of carbonyl (C=O) groups is 1. The average Bonchev–Trinajstić information content (AvgIpc) is 3.27. The van der Waals surface area contributed by atoms with E-state index in [1.807, 2.05) is 0 Å². The number of nitrogens with zero attached hydrogens (tertiary/aromatic N) is 1. The highest BCUT2D eigenvalue weighted by molar-refractivity contribution is 7.93. The minimum absolute atomic E-state index is 0.0331. The van der Waals surface area contributed by atoms with E-state index in [1.165, 1.54) is 50.8 Å². The number of methoxy groups -OCH3 is 2. The second-order valence-corrected chi connectivity index (χ2v) is 9.56. The Bertz CT molecular complexity index is 1410. The molecule has 0 fully saturated rings. The van der Waals surface area contributed by atoms with Crippen LogP contribution in [-0.4, -0.2) is 43.6 Å². The lowest BCUT2D eigenvalue weighted by Gasteiger charge is -2.40. The first-order valence-corrected chi connectivity index (χ1v) is 11.3. The molecule has 0 spiro atoms. The van der Waals surface area contributed by atoms with Crippen molar-refractivity contribution >= 4 is 27.0 Å². The van der Waals surface area contributed by atoms with Gasteiger partial charge in [-0.25, -0.2) is 8.42 Å². The monoisotopic (exact) mass is 468 g/mol. The molecule has 33 heavy (non-hydrogen) atoms. The number of hydrogen-bond donors (Lipinski definition) is 1. The van der Waals surface area contributed by atoms with Crippen LogP contribution in [0, 0.1) is 10.1 Å². The number of sulfone groups is 1. The van der Waals surface area contributed by atoms with Gasteiger partial charge >= 0.3 is 5.54 Å². The van der Waals surface area contributed by atoms with Crippen LogP contribution in [0.25, 0.3) is 10.9 Å². The Morgan fingerprint density at radius 1 is 1.03 bits per heavy atom. The van der Waals surface area contributed by atoms with E-state index >= 15 is 0 Å². The van der Waals surface area contributed by atoms with Crippen LogP contribution in [0.1, 0.15) is 5.56 Å². The van der Waals surface area contributed by atoms with E-state index in [0.29, 0.717) is 10.9 Å². The Morgan fingerprint density at radius 2 is 1.70 bits per heavy atom. The van der Waals surface area contributed by atoms with E-state index in [2.05, 4.69) is 4.98 Å². The predicted molar refractivity (Wildman–Crippen MR) is 120 cm³/mol. The molecular weight excluding hydrogens is 448 g/mol. The van der Waals surface area contributed by atoms with E-state index in [4.69, 9.17) is 9.47 Å². The third-order valence-corrected chi connectivity index (χ3v) is 8.23. The van der Waals surface area contributed by atoms with Crippen molar-refractivity contribution < 1.29 is 27.6 Å². The van der Waals surface area contributed by atoms with Crippen molar-refractivity contribution in [3.8, 4) is 0 Å². The van der Waals surface area contributed by atoms with Gasteiger partial charge in [-0.3, -0.25) is 10.1 Å². The summed E-state index contributed by atoms with van der Waals surface area (Å²) in [5, 5.41) is 13.4. The lowest BCUT2D eigenvalue weighted by Crippen LogP contribution is -2.63. The van der Waals surface area contributed by atoms with Crippen molar-refractivity contribution in [3.63, 3.8) is 0 Å². The van der Waals surface area contributed by atoms with Crippen LogP contribution < -0.4 is 0 Å². The number of aromatic amines is 1. The smallest absolute Gasteiger partial charge is 0.335 e. The molecule has 0 saturated carbocycles. The Balaban J connectivity index is 2.23. The predicted octanol–water partition coefficient (Wildman–Crippen LogP) is 3.13. The van der Waals surface area contributed by atoms with Gasteiger partial charge in [0.1, 0.15) is 5.76 Å². The molecule has 2 unspecified atom stereocenters. The first kappa shape index (κ1) is 22.3. The molecule has 1 heterocycles. The summed E-state index contributed by atoms with van der Waals surface area (Å²) in [7, 11) is -2.26. The van der Waals surface area contributed by atoms with Crippen molar-refractivity contribution in [2.24, 2.45) is 0 Å². The third-order valence-electron chi connectivity index (χ3n) is 5.93. The zero-order valence-electron chi connectivity index (χ0n) is 17.7. The number of fused-ring (bicyclic) bond motifs is 1. The molecule has 0 amide bonds. The molecule has 0 bridgehead atoms. The van der Waals surface area contributed by atoms with Gasteiger partial charge in [-0.05, 0) is 24.3 Å². The first-order valence-electron chi connectivity index (χ1n) is 9.80. The molecule has 4 rings (SSSR count). The van der Waals surface area contributed by atoms with E-state index in [9.17, 15) is 23.3 Å². The van der Waals surface area contributed by atoms with Crippen LogP contribution in [-0.2, 0) is 29.6 Å². The first-order chi connectivity index (χ1) is 15.8. The molecule has 0 saturated heterocycles. The molecule has 1 aliphatic rings. The number of aldehydes is 1. The standard InChI is InChI=1S/C23H20N2O7S/c1-31-16-12-21(32-2)23(25(27)28,19-14-24-20-11-7-6-10-18(19)20)22(13-16,15-26)33(29,30)17-8-4-3-5-9-17/h3-15,24H,1-2H3. The number of nitrogens with one attached hydrogen (secondary N) is 1. The van der Waals surface area contributed by atoms with Gasteiger partial charge in [-0.15, -0.1) is 0 Å². The minimum Gasteiger partial charge on any atom is -0.497 e. The maximum atomic E-state index is 14.1. The number of allylic oxidation sites excluding steroid dienone is 1. The molecule has 1 aliphatic carbocycles. The second kappa shape index (κ2) is 7.89. The van der Waals surface area contributed by atoms with Crippen molar-refractivity contribution in [3.05, 3.63) is 100 Å². The number of ether oxygens (including phenoxy) is 2. The summed E-state index contributed by atoms with van der Waals surface area (Å²) in [6.45, 7) is 0.